The molecule has 0 bridgehead atoms. The topological polar surface area (TPSA) is 44.4 Å². The summed E-state index contributed by atoms with van der Waals surface area (Å²) in [4.78, 5) is 14.1. The summed E-state index contributed by atoms with van der Waals surface area (Å²) in [7, 11) is 1.93. The molecule has 8 heteroatoms. The lowest BCUT2D eigenvalue weighted by Gasteiger charge is -2.31. The molecular formula is C17H25ClF3N3O. The number of alkyl halides is 3. The first-order valence-electron chi connectivity index (χ1n) is 8.23. The van der Waals surface area contributed by atoms with Gasteiger partial charge >= 0.3 is 6.18 Å². The van der Waals surface area contributed by atoms with Gasteiger partial charge in [-0.25, -0.2) is 0 Å². The Morgan fingerprint density at radius 1 is 1.24 bits per heavy atom. The van der Waals surface area contributed by atoms with Crippen LogP contribution in [0.3, 0.4) is 0 Å². The summed E-state index contributed by atoms with van der Waals surface area (Å²) in [6.45, 7) is 2.73. The molecule has 1 aromatic carbocycles. The second-order valence-corrected chi connectivity index (χ2v) is 6.20. The van der Waals surface area contributed by atoms with Gasteiger partial charge in [-0.15, -0.1) is 12.4 Å². The number of anilines is 1. The highest BCUT2D eigenvalue weighted by Gasteiger charge is 2.33. The van der Waals surface area contributed by atoms with E-state index in [1.54, 1.807) is 0 Å². The van der Waals surface area contributed by atoms with Crippen LogP contribution in [0.15, 0.2) is 24.3 Å². The second-order valence-electron chi connectivity index (χ2n) is 6.20. The number of halogens is 4. The van der Waals surface area contributed by atoms with Crippen molar-refractivity contribution >= 4 is 24.0 Å². The number of hydrogen-bond donors (Lipinski definition) is 2. The predicted octanol–water partition coefficient (Wildman–Crippen LogP) is 3.39. The number of nitrogens with one attached hydrogen (secondary N) is 2. The molecule has 1 aliphatic heterocycles. The summed E-state index contributed by atoms with van der Waals surface area (Å²) in [5, 5.41) is 5.53. The van der Waals surface area contributed by atoms with E-state index in [4.69, 9.17) is 0 Å². The molecule has 142 valence electrons. The lowest BCUT2D eigenvalue weighted by atomic mass is 9.93. The van der Waals surface area contributed by atoms with Crippen LogP contribution < -0.4 is 10.6 Å². The van der Waals surface area contributed by atoms with E-state index in [0.29, 0.717) is 5.92 Å². The van der Waals surface area contributed by atoms with Crippen molar-refractivity contribution in [1.82, 2.24) is 10.2 Å². The maximum Gasteiger partial charge on any atom is 0.418 e. The molecule has 1 aliphatic rings. The number of benzene rings is 1. The fraction of sp³-hybridized carbons (Fsp3) is 0.588. The van der Waals surface area contributed by atoms with E-state index in [1.807, 2.05) is 11.9 Å². The maximum atomic E-state index is 12.9. The van der Waals surface area contributed by atoms with E-state index in [0.717, 1.165) is 45.0 Å². The van der Waals surface area contributed by atoms with Gasteiger partial charge in [0.15, 0.2) is 0 Å². The van der Waals surface area contributed by atoms with Crippen molar-refractivity contribution in [3.63, 3.8) is 0 Å². The van der Waals surface area contributed by atoms with Crippen molar-refractivity contribution in [2.75, 3.05) is 38.5 Å². The maximum absolute atomic E-state index is 12.9. The van der Waals surface area contributed by atoms with Gasteiger partial charge in [0.2, 0.25) is 5.91 Å². The summed E-state index contributed by atoms with van der Waals surface area (Å²) in [5.74, 6) is 0.253. The lowest BCUT2D eigenvalue weighted by molar-refractivity contribution is -0.137. The van der Waals surface area contributed by atoms with Crippen LogP contribution in [-0.4, -0.2) is 44.0 Å². The van der Waals surface area contributed by atoms with Gasteiger partial charge in [-0.05, 0) is 64.0 Å². The van der Waals surface area contributed by atoms with E-state index in [2.05, 4.69) is 10.6 Å². The SMILES string of the molecule is CNCCC1CCN(CC(=O)Nc2ccccc2C(F)(F)F)CC1.Cl. The van der Waals surface area contributed by atoms with E-state index >= 15 is 0 Å². The van der Waals surface area contributed by atoms with Crippen LogP contribution in [0.2, 0.25) is 0 Å². The molecule has 25 heavy (non-hydrogen) atoms. The Morgan fingerprint density at radius 2 is 1.88 bits per heavy atom. The van der Waals surface area contributed by atoms with Gasteiger partial charge in [-0.3, -0.25) is 9.69 Å². The molecule has 0 unspecified atom stereocenters. The van der Waals surface area contributed by atoms with Gasteiger partial charge in [0.1, 0.15) is 0 Å². The van der Waals surface area contributed by atoms with E-state index in [9.17, 15) is 18.0 Å². The molecule has 1 saturated heterocycles. The fourth-order valence-electron chi connectivity index (χ4n) is 3.01. The standard InChI is InChI=1S/C17H24F3N3O.ClH/c1-21-9-6-13-7-10-23(11-8-13)12-16(24)22-15-5-3-2-4-14(15)17(18,19)20;/h2-5,13,21H,6-12H2,1H3,(H,22,24);1H. The Morgan fingerprint density at radius 3 is 2.48 bits per heavy atom. The summed E-state index contributed by atoms with van der Waals surface area (Å²) in [6.07, 6.45) is -1.31. The zero-order valence-electron chi connectivity index (χ0n) is 14.2. The molecule has 1 heterocycles. The van der Waals surface area contributed by atoms with Crippen molar-refractivity contribution in [3.8, 4) is 0 Å². The number of nitrogens with zero attached hydrogens (tertiary/aromatic N) is 1. The number of carbonyl (C=O) groups is 1. The molecule has 2 rings (SSSR count). The average Bonchev–Trinajstić information content (AvgIpc) is 2.53. The molecule has 0 spiro atoms. The summed E-state index contributed by atoms with van der Waals surface area (Å²) in [5.41, 5.74) is -0.997. The summed E-state index contributed by atoms with van der Waals surface area (Å²) in [6, 6.07) is 5.06. The molecule has 0 atom stereocenters. The molecule has 2 N–H and O–H groups in total. The Kier molecular flexibility index (Phi) is 8.68. The molecule has 1 fully saturated rings. The van der Waals surface area contributed by atoms with E-state index < -0.39 is 17.6 Å². The molecule has 1 aromatic rings. The fourth-order valence-corrected chi connectivity index (χ4v) is 3.01. The van der Waals surface area contributed by atoms with Crippen LogP contribution in [0.1, 0.15) is 24.8 Å². The highest BCUT2D eigenvalue weighted by Crippen LogP contribution is 2.34. The van der Waals surface area contributed by atoms with Gasteiger partial charge in [0.25, 0.3) is 0 Å². The summed E-state index contributed by atoms with van der Waals surface area (Å²) < 4.78 is 38.8. The first-order valence-corrected chi connectivity index (χ1v) is 8.23. The molecular weight excluding hydrogens is 355 g/mol. The van der Waals surface area contributed by atoms with Crippen LogP contribution in [-0.2, 0) is 11.0 Å². The third kappa shape index (κ3) is 6.84. The molecule has 0 radical (unpaired) electrons. The molecule has 0 aliphatic carbocycles. The first kappa shape index (κ1) is 21.7. The van der Waals surface area contributed by atoms with Crippen molar-refractivity contribution < 1.29 is 18.0 Å². The normalized spacial score (nSPS) is 16.3. The largest absolute Gasteiger partial charge is 0.418 e. The number of para-hydroxylation sites is 1. The van der Waals surface area contributed by atoms with Crippen LogP contribution in [0.4, 0.5) is 18.9 Å². The highest BCUT2D eigenvalue weighted by atomic mass is 35.5. The lowest BCUT2D eigenvalue weighted by Crippen LogP contribution is -2.39. The van der Waals surface area contributed by atoms with Crippen LogP contribution in [0.5, 0.6) is 0 Å². The Balaban J connectivity index is 0.00000312. The molecule has 4 nitrogen and oxygen atoms in total. The molecule has 0 aromatic heterocycles. The van der Waals surface area contributed by atoms with Gasteiger partial charge in [-0.1, -0.05) is 12.1 Å². The number of hydrogen-bond acceptors (Lipinski definition) is 3. The Hall–Kier alpha value is -1.31. The van der Waals surface area contributed by atoms with Crippen molar-refractivity contribution in [2.24, 2.45) is 5.92 Å². The van der Waals surface area contributed by atoms with E-state index in [-0.39, 0.29) is 24.6 Å². The number of piperidine rings is 1. The number of amides is 1. The Bertz CT molecular complexity index is 546. The number of likely N-dealkylation sites (tertiary alicyclic amines) is 1. The average molecular weight is 380 g/mol. The summed E-state index contributed by atoms with van der Waals surface area (Å²) >= 11 is 0. The van der Waals surface area contributed by atoms with Crippen molar-refractivity contribution in [2.45, 2.75) is 25.4 Å². The second kappa shape index (κ2) is 9.99. The smallest absolute Gasteiger partial charge is 0.324 e. The first-order chi connectivity index (χ1) is 11.4. The number of rotatable bonds is 6. The van der Waals surface area contributed by atoms with Crippen LogP contribution in [0.25, 0.3) is 0 Å². The monoisotopic (exact) mass is 379 g/mol. The molecule has 0 saturated carbocycles. The van der Waals surface area contributed by atoms with Crippen LogP contribution >= 0.6 is 12.4 Å². The predicted molar refractivity (Wildman–Crippen MR) is 95.0 cm³/mol. The minimum absolute atomic E-state index is 0. The zero-order chi connectivity index (χ0) is 17.6. The van der Waals surface area contributed by atoms with Gasteiger partial charge in [0.05, 0.1) is 17.8 Å². The Labute approximate surface area is 152 Å². The third-order valence-electron chi connectivity index (χ3n) is 4.38. The third-order valence-corrected chi connectivity index (χ3v) is 4.38. The molecule has 1 amide bonds. The quantitative estimate of drug-likeness (QED) is 0.796. The van der Waals surface area contributed by atoms with E-state index in [1.165, 1.54) is 18.2 Å². The van der Waals surface area contributed by atoms with Crippen molar-refractivity contribution in [3.05, 3.63) is 29.8 Å². The minimum Gasteiger partial charge on any atom is -0.324 e. The minimum atomic E-state index is -4.48. The van der Waals surface area contributed by atoms with Gasteiger partial charge < -0.3 is 10.6 Å². The number of carbonyl (C=O) groups excluding carboxylic acids is 1. The zero-order valence-corrected chi connectivity index (χ0v) is 15.1. The van der Waals surface area contributed by atoms with Crippen molar-refractivity contribution in [1.29, 1.82) is 0 Å². The highest BCUT2D eigenvalue weighted by molar-refractivity contribution is 5.93. The van der Waals surface area contributed by atoms with Crippen LogP contribution in [0, 0.1) is 5.92 Å². The van der Waals surface area contributed by atoms with Gasteiger partial charge in [0, 0.05) is 0 Å². The van der Waals surface area contributed by atoms with Gasteiger partial charge in [-0.2, -0.15) is 13.2 Å².